The predicted octanol–water partition coefficient (Wildman–Crippen LogP) is 2.61. The number of fused-ring (bicyclic) bond motifs is 1. The summed E-state index contributed by atoms with van der Waals surface area (Å²) < 4.78 is 13.9. The minimum Gasteiger partial charge on any atom is -0.390 e. The Hall–Kier alpha value is -2.08. The summed E-state index contributed by atoms with van der Waals surface area (Å²) >= 11 is 0. The second kappa shape index (κ2) is 6.38. The van der Waals surface area contributed by atoms with E-state index in [4.69, 9.17) is 5.73 Å². The molecule has 1 heterocycles. The van der Waals surface area contributed by atoms with E-state index in [2.05, 4.69) is 15.0 Å². The smallest absolute Gasteiger partial charge is 0.222 e. The molecule has 2 rings (SSSR count). The molecule has 6 heteroatoms. The van der Waals surface area contributed by atoms with Gasteiger partial charge in [-0.1, -0.05) is 19.4 Å². The van der Waals surface area contributed by atoms with Gasteiger partial charge < -0.3 is 10.8 Å². The molecular formula is C14H17FN4O. The van der Waals surface area contributed by atoms with Crippen molar-refractivity contribution < 1.29 is 9.50 Å². The molecule has 0 fully saturated rings. The molecule has 0 saturated carbocycles. The molecule has 0 bridgehead atoms. The summed E-state index contributed by atoms with van der Waals surface area (Å²) in [5, 5.41) is 9.55. The van der Waals surface area contributed by atoms with Crippen molar-refractivity contribution >= 4 is 28.4 Å². The average molecular weight is 276 g/mol. The number of benzene rings is 1. The lowest BCUT2D eigenvalue weighted by Crippen LogP contribution is -2.05. The molecule has 0 amide bonds. The number of nitrogens with two attached hydrogens (primary N) is 1. The molecule has 1 aromatic carbocycles. The normalized spacial score (nSPS) is 12.1. The van der Waals surface area contributed by atoms with Crippen molar-refractivity contribution in [2.24, 2.45) is 4.99 Å². The Bertz CT molecular complexity index is 642. The second-order valence-electron chi connectivity index (χ2n) is 4.48. The van der Waals surface area contributed by atoms with Crippen molar-refractivity contribution in [2.75, 3.05) is 12.3 Å². The van der Waals surface area contributed by atoms with Crippen LogP contribution in [0.5, 0.6) is 0 Å². The maximum atomic E-state index is 13.9. The van der Waals surface area contributed by atoms with Crippen LogP contribution in [0.4, 0.5) is 16.2 Å². The summed E-state index contributed by atoms with van der Waals surface area (Å²) in [6.45, 7) is 1.87. The lowest BCUT2D eigenvalue weighted by atomic mass is 10.2. The van der Waals surface area contributed by atoms with Crippen molar-refractivity contribution in [2.45, 2.75) is 26.2 Å². The molecule has 0 aliphatic rings. The van der Waals surface area contributed by atoms with Gasteiger partial charge in [0.15, 0.2) is 5.82 Å². The molecule has 20 heavy (non-hydrogen) atoms. The monoisotopic (exact) mass is 276 g/mol. The number of aliphatic imine (C=N–C) groups is 1. The Morgan fingerprint density at radius 2 is 2.20 bits per heavy atom. The quantitative estimate of drug-likeness (QED) is 0.822. The molecule has 0 radical (unpaired) electrons. The van der Waals surface area contributed by atoms with E-state index in [0.29, 0.717) is 17.6 Å². The van der Waals surface area contributed by atoms with Gasteiger partial charge in [0.25, 0.3) is 0 Å². The van der Waals surface area contributed by atoms with Gasteiger partial charge in [-0.2, -0.15) is 4.98 Å². The average Bonchev–Trinajstić information content (AvgIpc) is 2.42. The van der Waals surface area contributed by atoms with Crippen molar-refractivity contribution in [3.05, 3.63) is 24.0 Å². The van der Waals surface area contributed by atoms with Crippen molar-refractivity contribution in [1.82, 2.24) is 9.97 Å². The Labute approximate surface area is 116 Å². The minimum absolute atomic E-state index is 0.0367. The van der Waals surface area contributed by atoms with E-state index in [0.717, 1.165) is 12.8 Å². The zero-order valence-corrected chi connectivity index (χ0v) is 11.3. The number of aliphatic hydroxyl groups excluding tert-OH is 1. The maximum absolute atomic E-state index is 13.9. The lowest BCUT2D eigenvalue weighted by molar-refractivity contribution is 0.354. The Kier molecular flexibility index (Phi) is 4.57. The van der Waals surface area contributed by atoms with Crippen LogP contribution in [0.15, 0.2) is 23.2 Å². The van der Waals surface area contributed by atoms with Gasteiger partial charge >= 0.3 is 0 Å². The fourth-order valence-electron chi connectivity index (χ4n) is 1.92. The molecule has 1 aromatic heterocycles. The number of rotatable bonds is 5. The molecule has 3 N–H and O–H groups in total. The largest absolute Gasteiger partial charge is 0.390 e. The fourth-order valence-corrected chi connectivity index (χ4v) is 1.92. The van der Waals surface area contributed by atoms with Crippen molar-refractivity contribution in [3.8, 4) is 0 Å². The van der Waals surface area contributed by atoms with Crippen molar-refractivity contribution in [3.63, 3.8) is 0 Å². The number of unbranched alkanes of at least 4 members (excludes halogenated alkanes) is 1. The molecule has 106 valence electrons. The van der Waals surface area contributed by atoms with E-state index in [1.165, 1.54) is 6.07 Å². The van der Waals surface area contributed by atoms with Crippen LogP contribution in [0.1, 0.15) is 26.2 Å². The summed E-state index contributed by atoms with van der Waals surface area (Å²) in [6.07, 6.45) is 2.53. The van der Waals surface area contributed by atoms with Crippen LogP contribution < -0.4 is 5.73 Å². The van der Waals surface area contributed by atoms with Gasteiger partial charge in [-0.05, 0) is 25.0 Å². The highest BCUT2D eigenvalue weighted by molar-refractivity contribution is 5.94. The van der Waals surface area contributed by atoms with Gasteiger partial charge in [-0.25, -0.2) is 14.4 Å². The van der Waals surface area contributed by atoms with E-state index in [-0.39, 0.29) is 23.8 Å². The van der Waals surface area contributed by atoms with Crippen molar-refractivity contribution in [1.29, 1.82) is 0 Å². The molecule has 0 spiro atoms. The molecule has 0 saturated heterocycles. The second-order valence-corrected chi connectivity index (χ2v) is 4.48. The highest BCUT2D eigenvalue weighted by Crippen LogP contribution is 2.26. The Morgan fingerprint density at radius 1 is 1.40 bits per heavy atom. The Balaban J connectivity index is 2.55. The zero-order valence-electron chi connectivity index (χ0n) is 11.3. The summed E-state index contributed by atoms with van der Waals surface area (Å²) in [4.78, 5) is 12.2. The van der Waals surface area contributed by atoms with Crippen LogP contribution in [0, 0.1) is 5.82 Å². The first-order valence-electron chi connectivity index (χ1n) is 6.54. The van der Waals surface area contributed by atoms with Crippen LogP contribution in [-0.2, 0) is 0 Å². The van der Waals surface area contributed by atoms with Gasteiger partial charge in [0.1, 0.15) is 5.82 Å². The maximum Gasteiger partial charge on any atom is 0.222 e. The SMILES string of the molecule is CCCC/C(CO)=N\c1nc(N)nc2cccc(F)c12. The third kappa shape index (κ3) is 3.08. The zero-order chi connectivity index (χ0) is 14.5. The summed E-state index contributed by atoms with van der Waals surface area (Å²) in [5.74, 6) is -0.241. The molecule has 0 aliphatic carbocycles. The topological polar surface area (TPSA) is 84.4 Å². The standard InChI is InChI=1S/C14H17FN4O/c1-2-3-5-9(8-20)17-13-12-10(15)6-4-7-11(12)18-14(16)19-13/h4,6-7,20H,2-3,5,8H2,1H3,(H2,16,18,19)/b17-9+. The predicted molar refractivity (Wildman–Crippen MR) is 77.6 cm³/mol. The highest BCUT2D eigenvalue weighted by Gasteiger charge is 2.11. The molecule has 0 atom stereocenters. The molecular weight excluding hydrogens is 259 g/mol. The minimum atomic E-state index is -0.450. The number of anilines is 1. The van der Waals surface area contributed by atoms with Crippen LogP contribution >= 0.6 is 0 Å². The fraction of sp³-hybridized carbons (Fsp3) is 0.357. The molecule has 5 nitrogen and oxygen atoms in total. The molecule has 2 aromatic rings. The van der Waals surface area contributed by atoms with Crippen LogP contribution in [0.3, 0.4) is 0 Å². The van der Waals surface area contributed by atoms with Gasteiger partial charge in [0, 0.05) is 5.71 Å². The van der Waals surface area contributed by atoms with E-state index in [1.807, 2.05) is 6.92 Å². The molecule has 0 aliphatic heterocycles. The number of halogens is 1. The number of aromatic nitrogens is 2. The number of nitrogen functional groups attached to an aromatic ring is 1. The van der Waals surface area contributed by atoms with Crippen LogP contribution in [0.25, 0.3) is 10.9 Å². The summed E-state index contributed by atoms with van der Waals surface area (Å²) in [7, 11) is 0. The number of aliphatic hydroxyl groups is 1. The van der Waals surface area contributed by atoms with Gasteiger partial charge in [-0.15, -0.1) is 0 Å². The number of hydrogen-bond acceptors (Lipinski definition) is 5. The van der Waals surface area contributed by atoms with Gasteiger partial charge in [0.2, 0.25) is 5.95 Å². The third-order valence-corrected chi connectivity index (χ3v) is 2.94. The van der Waals surface area contributed by atoms with E-state index < -0.39 is 5.82 Å². The number of nitrogens with zero attached hydrogens (tertiary/aromatic N) is 3. The summed E-state index contributed by atoms with van der Waals surface area (Å²) in [6, 6.07) is 4.54. The first-order chi connectivity index (χ1) is 9.65. The van der Waals surface area contributed by atoms with E-state index in [9.17, 15) is 9.50 Å². The highest BCUT2D eigenvalue weighted by atomic mass is 19.1. The first kappa shape index (κ1) is 14.3. The van der Waals surface area contributed by atoms with Crippen LogP contribution in [0.2, 0.25) is 0 Å². The van der Waals surface area contributed by atoms with Crippen LogP contribution in [-0.4, -0.2) is 27.4 Å². The first-order valence-corrected chi connectivity index (χ1v) is 6.54. The lowest BCUT2D eigenvalue weighted by Gasteiger charge is -2.06. The van der Waals surface area contributed by atoms with Gasteiger partial charge in [0.05, 0.1) is 17.5 Å². The third-order valence-electron chi connectivity index (χ3n) is 2.94. The van der Waals surface area contributed by atoms with E-state index in [1.54, 1.807) is 12.1 Å². The number of hydrogen-bond donors (Lipinski definition) is 2. The Morgan fingerprint density at radius 3 is 2.90 bits per heavy atom. The summed E-state index contributed by atoms with van der Waals surface area (Å²) in [5.41, 5.74) is 6.59. The molecule has 0 unspecified atom stereocenters. The van der Waals surface area contributed by atoms with E-state index >= 15 is 0 Å². The van der Waals surface area contributed by atoms with Gasteiger partial charge in [-0.3, -0.25) is 0 Å².